The molecule has 0 bridgehead atoms. The Balaban J connectivity index is 1.77. The molecule has 1 aliphatic heterocycles. The second-order valence-corrected chi connectivity index (χ2v) is 8.61. The van der Waals surface area contributed by atoms with E-state index in [1.165, 1.54) is 5.56 Å². The molecule has 0 aromatic heterocycles. The number of nitrogens with one attached hydrogen (secondary N) is 1. The molecule has 1 fully saturated rings. The molecule has 2 aromatic carbocycles. The summed E-state index contributed by atoms with van der Waals surface area (Å²) in [7, 11) is 3.71. The van der Waals surface area contributed by atoms with Crippen molar-refractivity contribution in [3.8, 4) is 0 Å². The monoisotopic (exact) mass is 459 g/mol. The molecule has 174 valence electrons. The van der Waals surface area contributed by atoms with Gasteiger partial charge < -0.3 is 19.7 Å². The molecule has 1 heterocycles. The second-order valence-electron chi connectivity index (χ2n) is 8.20. The molecule has 1 saturated heterocycles. The van der Waals surface area contributed by atoms with Crippen molar-refractivity contribution in [2.75, 3.05) is 52.0 Å². The molecule has 1 N–H and O–H groups in total. The van der Waals surface area contributed by atoms with Crippen LogP contribution in [-0.2, 0) is 9.47 Å². The molecule has 1 aliphatic rings. The highest BCUT2D eigenvalue weighted by atomic mass is 35.5. The Morgan fingerprint density at radius 3 is 2.75 bits per heavy atom. The van der Waals surface area contributed by atoms with E-state index in [1.54, 1.807) is 13.2 Å². The second kappa shape index (κ2) is 12.2. The highest BCUT2D eigenvalue weighted by Crippen LogP contribution is 2.33. The van der Waals surface area contributed by atoms with E-state index in [-0.39, 0.29) is 18.1 Å². The van der Waals surface area contributed by atoms with E-state index in [1.807, 2.05) is 25.1 Å². The van der Waals surface area contributed by atoms with Gasteiger partial charge in [0.05, 0.1) is 22.9 Å². The number of rotatable bonds is 11. The Morgan fingerprint density at radius 2 is 2.06 bits per heavy atom. The Hall–Kier alpha value is -2.12. The lowest BCUT2D eigenvalue weighted by molar-refractivity contribution is -0.0671. The highest BCUT2D eigenvalue weighted by Gasteiger charge is 2.28. The zero-order chi connectivity index (χ0) is 22.9. The number of nitrogens with zero attached hydrogens (tertiary/aromatic N) is 2. The fourth-order valence-electron chi connectivity index (χ4n) is 4.08. The van der Waals surface area contributed by atoms with Gasteiger partial charge in [-0.1, -0.05) is 48.9 Å². The van der Waals surface area contributed by atoms with Crippen molar-refractivity contribution in [2.45, 2.75) is 31.9 Å². The van der Waals surface area contributed by atoms with E-state index in [0.29, 0.717) is 23.9 Å². The van der Waals surface area contributed by atoms with Crippen LogP contribution in [0.5, 0.6) is 0 Å². The first-order valence-corrected chi connectivity index (χ1v) is 11.6. The first-order valence-electron chi connectivity index (χ1n) is 11.2. The van der Waals surface area contributed by atoms with Crippen molar-refractivity contribution in [1.82, 2.24) is 10.2 Å². The van der Waals surface area contributed by atoms with E-state index in [2.05, 4.69) is 46.4 Å². The highest BCUT2D eigenvalue weighted by molar-refractivity contribution is 6.33. The molecule has 3 rings (SSSR count). The van der Waals surface area contributed by atoms with E-state index in [0.717, 1.165) is 38.2 Å². The van der Waals surface area contributed by atoms with E-state index in [4.69, 9.17) is 21.1 Å². The van der Waals surface area contributed by atoms with Crippen molar-refractivity contribution in [3.63, 3.8) is 0 Å². The Bertz CT molecular complexity index is 865. The molecular formula is C25H34ClN3O3. The van der Waals surface area contributed by atoms with Crippen LogP contribution in [0.2, 0.25) is 5.02 Å². The molecule has 0 radical (unpaired) electrons. The number of ether oxygens (including phenoxy) is 2. The molecule has 2 aromatic rings. The van der Waals surface area contributed by atoms with Crippen LogP contribution in [0, 0.1) is 0 Å². The fourth-order valence-corrected chi connectivity index (χ4v) is 4.39. The van der Waals surface area contributed by atoms with Crippen molar-refractivity contribution in [2.24, 2.45) is 0 Å². The molecule has 2 atom stereocenters. The van der Waals surface area contributed by atoms with Gasteiger partial charge in [-0.05, 0) is 36.6 Å². The topological polar surface area (TPSA) is 54.0 Å². The number of likely N-dealkylation sites (N-methyl/N-ethyl adjacent to an activating group) is 1. The summed E-state index contributed by atoms with van der Waals surface area (Å²) in [6.45, 7) is 5.72. The molecular weight excluding hydrogens is 426 g/mol. The van der Waals surface area contributed by atoms with Crippen LogP contribution in [0.25, 0.3) is 0 Å². The maximum atomic E-state index is 12.3. The van der Waals surface area contributed by atoms with Gasteiger partial charge in [0.1, 0.15) is 6.79 Å². The van der Waals surface area contributed by atoms with E-state index < -0.39 is 0 Å². The minimum atomic E-state index is -0.0956. The average molecular weight is 460 g/mol. The molecule has 6 nitrogen and oxygen atoms in total. The van der Waals surface area contributed by atoms with Gasteiger partial charge in [-0.2, -0.15) is 0 Å². The smallest absolute Gasteiger partial charge is 0.251 e. The average Bonchev–Trinajstić information content (AvgIpc) is 3.27. The van der Waals surface area contributed by atoms with Crippen LogP contribution < -0.4 is 10.2 Å². The number of anilines is 1. The molecule has 0 aliphatic carbocycles. The summed E-state index contributed by atoms with van der Waals surface area (Å²) in [5, 5.41) is 3.47. The number of carbonyl (C=O) groups excluding carboxylic acids is 1. The fraction of sp³-hybridized carbons (Fsp3) is 0.480. The normalized spacial score (nSPS) is 17.3. The summed E-state index contributed by atoms with van der Waals surface area (Å²) in [5.74, 6) is -0.0956. The first-order chi connectivity index (χ1) is 15.5. The third-order valence-corrected chi connectivity index (χ3v) is 6.16. The summed E-state index contributed by atoms with van der Waals surface area (Å²) in [5.41, 5.74) is 2.70. The quantitative estimate of drug-likeness (QED) is 0.506. The van der Waals surface area contributed by atoms with Crippen molar-refractivity contribution < 1.29 is 14.3 Å². The predicted molar refractivity (Wildman–Crippen MR) is 129 cm³/mol. The lowest BCUT2D eigenvalue weighted by Crippen LogP contribution is -2.36. The van der Waals surface area contributed by atoms with Crippen LogP contribution in [0.15, 0.2) is 48.5 Å². The number of halogens is 1. The molecule has 1 amide bonds. The molecule has 0 saturated carbocycles. The third kappa shape index (κ3) is 6.45. The van der Waals surface area contributed by atoms with Gasteiger partial charge in [0.2, 0.25) is 0 Å². The summed E-state index contributed by atoms with van der Waals surface area (Å²) in [4.78, 5) is 16.9. The summed E-state index contributed by atoms with van der Waals surface area (Å²) >= 11 is 6.66. The molecule has 32 heavy (non-hydrogen) atoms. The van der Waals surface area contributed by atoms with Gasteiger partial charge in [-0.15, -0.1) is 0 Å². The van der Waals surface area contributed by atoms with Crippen LogP contribution in [0.3, 0.4) is 0 Å². The van der Waals surface area contributed by atoms with E-state index in [9.17, 15) is 4.79 Å². The van der Waals surface area contributed by atoms with Crippen molar-refractivity contribution >= 4 is 23.2 Å². The third-order valence-electron chi connectivity index (χ3n) is 5.86. The maximum Gasteiger partial charge on any atom is 0.251 e. The predicted octanol–water partition coefficient (Wildman–Crippen LogP) is 4.35. The SMILES string of the molecule is CCCNC(=O)c1ccc(N(C)[C@H](CN2CCC(OCOC)C2)c2ccccc2)c(Cl)c1. The minimum Gasteiger partial charge on any atom is -0.365 e. The number of methoxy groups -OCH3 is 1. The molecule has 7 heteroatoms. The largest absolute Gasteiger partial charge is 0.365 e. The number of amides is 1. The van der Waals surface area contributed by atoms with Crippen molar-refractivity contribution in [3.05, 3.63) is 64.7 Å². The zero-order valence-corrected chi connectivity index (χ0v) is 20.0. The number of likely N-dealkylation sites (tertiary alicyclic amines) is 1. The van der Waals surface area contributed by atoms with Gasteiger partial charge in [-0.25, -0.2) is 0 Å². The Labute approximate surface area is 196 Å². The van der Waals surface area contributed by atoms with Gasteiger partial charge >= 0.3 is 0 Å². The summed E-state index contributed by atoms with van der Waals surface area (Å²) < 4.78 is 10.8. The van der Waals surface area contributed by atoms with Crippen LogP contribution in [0.1, 0.15) is 41.7 Å². The Morgan fingerprint density at radius 1 is 1.28 bits per heavy atom. The Kier molecular flexibility index (Phi) is 9.36. The number of hydrogen-bond donors (Lipinski definition) is 1. The molecule has 0 spiro atoms. The number of hydrogen-bond acceptors (Lipinski definition) is 5. The minimum absolute atomic E-state index is 0.0956. The van der Waals surface area contributed by atoms with Crippen molar-refractivity contribution in [1.29, 1.82) is 0 Å². The summed E-state index contributed by atoms with van der Waals surface area (Å²) in [6.07, 6.45) is 2.09. The number of benzene rings is 2. The summed E-state index contributed by atoms with van der Waals surface area (Å²) in [6, 6.07) is 16.1. The maximum absolute atomic E-state index is 12.3. The lowest BCUT2D eigenvalue weighted by Gasteiger charge is -2.34. The molecule has 1 unspecified atom stereocenters. The first kappa shape index (κ1) is 24.5. The van der Waals surface area contributed by atoms with Gasteiger partial charge in [-0.3, -0.25) is 9.69 Å². The number of carbonyl (C=O) groups is 1. The van der Waals surface area contributed by atoms with Crippen LogP contribution in [0.4, 0.5) is 5.69 Å². The lowest BCUT2D eigenvalue weighted by atomic mass is 10.0. The van der Waals surface area contributed by atoms with Gasteiger partial charge in [0, 0.05) is 45.9 Å². The van der Waals surface area contributed by atoms with Gasteiger partial charge in [0.25, 0.3) is 5.91 Å². The van der Waals surface area contributed by atoms with Crippen LogP contribution >= 0.6 is 11.6 Å². The van der Waals surface area contributed by atoms with Gasteiger partial charge in [0.15, 0.2) is 0 Å². The standard InChI is InChI=1S/C25H34ClN3O3/c1-4-13-27-25(30)20-10-11-23(22(26)15-20)28(2)24(19-8-6-5-7-9-19)17-29-14-12-21(16-29)32-18-31-3/h5-11,15,21,24H,4,12-14,16-18H2,1-3H3,(H,27,30)/t21?,24-/m1/s1. The zero-order valence-electron chi connectivity index (χ0n) is 19.2. The van der Waals surface area contributed by atoms with E-state index >= 15 is 0 Å². The van der Waals surface area contributed by atoms with Crippen LogP contribution in [-0.4, -0.2) is 64.0 Å².